The van der Waals surface area contributed by atoms with Crippen LogP contribution in [0.2, 0.25) is 0 Å². The van der Waals surface area contributed by atoms with Gasteiger partial charge in [-0.2, -0.15) is 0 Å². The monoisotopic (exact) mass is 174 g/mol. The first-order valence-electron chi connectivity index (χ1n) is 4.64. The van der Waals surface area contributed by atoms with Crippen LogP contribution < -0.4 is 0 Å². The maximum Gasteiger partial charge on any atom is 0.0588 e. The number of rotatable bonds is 6. The van der Waals surface area contributed by atoms with Crippen LogP contribution in [-0.2, 0) is 0 Å². The minimum absolute atomic E-state index is 0.288. The molecule has 0 heterocycles. The summed E-state index contributed by atoms with van der Waals surface area (Å²) >= 11 is 0. The van der Waals surface area contributed by atoms with Crippen LogP contribution in [0.1, 0.15) is 20.3 Å². The molecule has 0 aliphatic rings. The fraction of sp³-hybridized carbons (Fsp3) is 1.00. The third-order valence-corrected chi connectivity index (χ3v) is 2.29. The van der Waals surface area contributed by atoms with Crippen molar-refractivity contribution in [1.82, 2.24) is 9.80 Å². The minimum atomic E-state index is 0.288. The lowest BCUT2D eigenvalue weighted by Gasteiger charge is -2.32. The van der Waals surface area contributed by atoms with E-state index in [1.807, 2.05) is 0 Å². The van der Waals surface area contributed by atoms with E-state index < -0.39 is 0 Å². The van der Waals surface area contributed by atoms with Gasteiger partial charge in [-0.1, -0.05) is 6.92 Å². The Labute approximate surface area is 76.0 Å². The van der Waals surface area contributed by atoms with Crippen LogP contribution in [0, 0.1) is 0 Å². The highest BCUT2D eigenvalue weighted by molar-refractivity contribution is 4.62. The summed E-state index contributed by atoms with van der Waals surface area (Å²) < 4.78 is 0. The van der Waals surface area contributed by atoms with Gasteiger partial charge in [-0.25, -0.2) is 0 Å². The second-order valence-corrected chi connectivity index (χ2v) is 3.30. The number of nitrogens with zero attached hydrogens (tertiary/aromatic N) is 2. The van der Waals surface area contributed by atoms with Crippen LogP contribution in [-0.4, -0.2) is 54.9 Å². The Morgan fingerprint density at radius 3 is 2.25 bits per heavy atom. The molecule has 0 aromatic rings. The zero-order valence-electron chi connectivity index (χ0n) is 8.75. The zero-order valence-corrected chi connectivity index (χ0v) is 8.75. The van der Waals surface area contributed by atoms with E-state index >= 15 is 0 Å². The molecule has 0 bridgehead atoms. The van der Waals surface area contributed by atoms with E-state index in [2.05, 4.69) is 37.7 Å². The molecule has 1 N–H and O–H groups in total. The fourth-order valence-corrected chi connectivity index (χ4v) is 1.21. The van der Waals surface area contributed by atoms with Crippen molar-refractivity contribution in [3.8, 4) is 0 Å². The predicted molar refractivity (Wildman–Crippen MR) is 52.1 cm³/mol. The molecular weight excluding hydrogens is 152 g/mol. The molecule has 0 rings (SSSR count). The van der Waals surface area contributed by atoms with E-state index in [9.17, 15) is 0 Å². The maximum absolute atomic E-state index is 8.69. The second-order valence-electron chi connectivity index (χ2n) is 3.30. The molecule has 0 amide bonds. The Bertz CT molecular complexity index is 107. The average Bonchev–Trinajstić information content (AvgIpc) is 2.05. The molecule has 3 heteroatoms. The Kier molecular flexibility index (Phi) is 6.34. The van der Waals surface area contributed by atoms with Gasteiger partial charge in [0.1, 0.15) is 0 Å². The smallest absolute Gasteiger partial charge is 0.0588 e. The first-order chi connectivity index (χ1) is 5.63. The summed E-state index contributed by atoms with van der Waals surface area (Å²) in [6.07, 6.45) is 1.33. The molecule has 0 aromatic heterocycles. The number of aliphatic hydroxyl groups excluding tert-OH is 1. The standard InChI is InChI=1S/C9H22N2O/c1-5-11(7-6-8-12)9(2)10(3)4/h9,12H,5-8H2,1-4H3. The van der Waals surface area contributed by atoms with E-state index in [-0.39, 0.29) is 6.61 Å². The molecule has 0 spiro atoms. The van der Waals surface area contributed by atoms with Crippen molar-refractivity contribution >= 4 is 0 Å². The van der Waals surface area contributed by atoms with Gasteiger partial charge in [0.05, 0.1) is 6.17 Å². The van der Waals surface area contributed by atoms with E-state index in [1.54, 1.807) is 0 Å². The van der Waals surface area contributed by atoms with Gasteiger partial charge in [0.15, 0.2) is 0 Å². The van der Waals surface area contributed by atoms with E-state index in [4.69, 9.17) is 5.11 Å². The zero-order chi connectivity index (χ0) is 9.56. The molecule has 1 unspecified atom stereocenters. The number of hydrogen-bond donors (Lipinski definition) is 1. The van der Waals surface area contributed by atoms with Crippen LogP contribution >= 0.6 is 0 Å². The Balaban J connectivity index is 3.79. The number of aliphatic hydroxyl groups is 1. The molecule has 0 aromatic carbocycles. The highest BCUT2D eigenvalue weighted by Gasteiger charge is 2.12. The lowest BCUT2D eigenvalue weighted by atomic mass is 10.3. The predicted octanol–water partition coefficient (Wildman–Crippen LogP) is 0.598. The van der Waals surface area contributed by atoms with Gasteiger partial charge in [0.25, 0.3) is 0 Å². The highest BCUT2D eigenvalue weighted by Crippen LogP contribution is 2.01. The molecule has 74 valence electrons. The molecular formula is C9H22N2O. The summed E-state index contributed by atoms with van der Waals surface area (Å²) in [5, 5.41) is 8.69. The van der Waals surface area contributed by atoms with Crippen LogP contribution in [0.3, 0.4) is 0 Å². The fourth-order valence-electron chi connectivity index (χ4n) is 1.21. The van der Waals surface area contributed by atoms with Crippen LogP contribution in [0.15, 0.2) is 0 Å². The molecule has 0 fully saturated rings. The molecule has 0 saturated carbocycles. The quantitative estimate of drug-likeness (QED) is 0.597. The van der Waals surface area contributed by atoms with Crippen LogP contribution in [0.5, 0.6) is 0 Å². The summed E-state index contributed by atoms with van der Waals surface area (Å²) in [7, 11) is 4.15. The average molecular weight is 174 g/mol. The van der Waals surface area contributed by atoms with Crippen molar-refractivity contribution in [1.29, 1.82) is 0 Å². The number of hydrogen-bond acceptors (Lipinski definition) is 3. The van der Waals surface area contributed by atoms with Gasteiger partial charge in [-0.3, -0.25) is 9.80 Å². The summed E-state index contributed by atoms with van der Waals surface area (Å²) in [4.78, 5) is 4.52. The lowest BCUT2D eigenvalue weighted by molar-refractivity contribution is 0.0915. The van der Waals surface area contributed by atoms with Crippen molar-refractivity contribution in [2.45, 2.75) is 26.4 Å². The van der Waals surface area contributed by atoms with Crippen LogP contribution in [0.25, 0.3) is 0 Å². The highest BCUT2D eigenvalue weighted by atomic mass is 16.3. The van der Waals surface area contributed by atoms with Gasteiger partial charge >= 0.3 is 0 Å². The molecule has 0 aliphatic carbocycles. The molecule has 0 aliphatic heterocycles. The van der Waals surface area contributed by atoms with Gasteiger partial charge in [-0.05, 0) is 34.0 Å². The van der Waals surface area contributed by atoms with Crippen molar-refractivity contribution in [3.05, 3.63) is 0 Å². The van der Waals surface area contributed by atoms with Crippen molar-refractivity contribution in [2.24, 2.45) is 0 Å². The molecule has 0 radical (unpaired) electrons. The normalized spacial score (nSPS) is 14.2. The Hall–Kier alpha value is -0.120. The third kappa shape index (κ3) is 4.04. The lowest BCUT2D eigenvalue weighted by Crippen LogP contribution is -2.43. The summed E-state index contributed by atoms with van der Waals surface area (Å²) in [5.41, 5.74) is 0. The van der Waals surface area contributed by atoms with E-state index in [0.717, 1.165) is 19.5 Å². The summed E-state index contributed by atoms with van der Waals surface area (Å²) in [6, 6.07) is 0. The van der Waals surface area contributed by atoms with Crippen molar-refractivity contribution in [2.75, 3.05) is 33.8 Å². The maximum atomic E-state index is 8.69. The van der Waals surface area contributed by atoms with Gasteiger partial charge < -0.3 is 5.11 Å². The van der Waals surface area contributed by atoms with Crippen molar-refractivity contribution in [3.63, 3.8) is 0 Å². The van der Waals surface area contributed by atoms with E-state index in [0.29, 0.717) is 6.17 Å². The minimum Gasteiger partial charge on any atom is -0.396 e. The third-order valence-electron chi connectivity index (χ3n) is 2.29. The van der Waals surface area contributed by atoms with Gasteiger partial charge in [0, 0.05) is 13.2 Å². The first-order valence-corrected chi connectivity index (χ1v) is 4.64. The molecule has 0 saturated heterocycles. The molecule has 1 atom stereocenters. The second kappa shape index (κ2) is 6.40. The summed E-state index contributed by atoms with van der Waals surface area (Å²) in [5.74, 6) is 0. The largest absolute Gasteiger partial charge is 0.396 e. The van der Waals surface area contributed by atoms with E-state index in [1.165, 1.54) is 0 Å². The SMILES string of the molecule is CCN(CCCO)C(C)N(C)C. The molecule has 12 heavy (non-hydrogen) atoms. The summed E-state index contributed by atoms with van der Waals surface area (Å²) in [6.45, 7) is 6.64. The van der Waals surface area contributed by atoms with Crippen molar-refractivity contribution < 1.29 is 5.11 Å². The first kappa shape index (κ1) is 11.9. The topological polar surface area (TPSA) is 26.7 Å². The van der Waals surface area contributed by atoms with Crippen LogP contribution in [0.4, 0.5) is 0 Å². The molecule has 3 nitrogen and oxygen atoms in total. The van der Waals surface area contributed by atoms with Gasteiger partial charge in [-0.15, -0.1) is 0 Å². The van der Waals surface area contributed by atoms with Gasteiger partial charge in [0.2, 0.25) is 0 Å². The Morgan fingerprint density at radius 1 is 1.33 bits per heavy atom. The Morgan fingerprint density at radius 2 is 1.92 bits per heavy atom.